The minimum Gasteiger partial charge on any atom is -0.482 e. The molecule has 2 aromatic rings. The fourth-order valence-corrected chi connectivity index (χ4v) is 2.43. The number of rotatable bonds is 6. The Kier molecular flexibility index (Phi) is 7.04. The van der Waals surface area contributed by atoms with Gasteiger partial charge >= 0.3 is 11.9 Å². The van der Waals surface area contributed by atoms with Crippen molar-refractivity contribution in [2.45, 2.75) is 0 Å². The Morgan fingerprint density at radius 2 is 1.67 bits per heavy atom. The highest BCUT2D eigenvalue weighted by atomic mass is 35.5. The second-order valence-corrected chi connectivity index (χ2v) is 6.00. The summed E-state index contributed by atoms with van der Waals surface area (Å²) in [6.45, 7) is -0.400. The molecule has 0 aliphatic heterocycles. The van der Waals surface area contributed by atoms with Crippen molar-refractivity contribution >= 4 is 46.7 Å². The second kappa shape index (κ2) is 9.25. The molecule has 0 saturated carbocycles. The van der Waals surface area contributed by atoms with Crippen molar-refractivity contribution in [1.82, 2.24) is 0 Å². The molecule has 1 N–H and O–H groups in total. The lowest BCUT2D eigenvalue weighted by Gasteiger charge is -2.12. The molecule has 0 spiro atoms. The number of benzene rings is 2. The summed E-state index contributed by atoms with van der Waals surface area (Å²) in [5, 5.41) is 3.18. The number of anilines is 1. The Morgan fingerprint density at radius 3 is 2.33 bits per heavy atom. The third-order valence-electron chi connectivity index (χ3n) is 3.37. The zero-order chi connectivity index (χ0) is 20.0. The number of halogens is 2. The highest BCUT2D eigenvalue weighted by molar-refractivity contribution is 6.34. The van der Waals surface area contributed by atoms with Crippen molar-refractivity contribution < 1.29 is 28.6 Å². The first-order chi connectivity index (χ1) is 12.8. The number of carbonyl (C=O) groups excluding carboxylic acids is 3. The monoisotopic (exact) mass is 411 g/mol. The Morgan fingerprint density at radius 1 is 0.963 bits per heavy atom. The standard InChI is InChI=1S/C18H15Cl2NO6/c1-25-17(23)10-3-5-12(18(24)26-2)14(7-10)21-16(22)9-27-15-8-11(19)4-6-13(15)20/h3-8H,9H2,1-2H3,(H,21,22). The minimum absolute atomic E-state index is 0.0688. The van der Waals surface area contributed by atoms with E-state index in [2.05, 4.69) is 14.8 Å². The first-order valence-electron chi connectivity index (χ1n) is 7.54. The molecule has 0 saturated heterocycles. The Labute approximate surface area is 165 Å². The van der Waals surface area contributed by atoms with E-state index in [0.717, 1.165) is 0 Å². The van der Waals surface area contributed by atoms with Gasteiger partial charge in [0.2, 0.25) is 0 Å². The summed E-state index contributed by atoms with van der Waals surface area (Å²) < 4.78 is 14.6. The first-order valence-corrected chi connectivity index (χ1v) is 8.29. The molecule has 0 aliphatic carbocycles. The molecular formula is C18H15Cl2NO6. The van der Waals surface area contributed by atoms with E-state index in [1.54, 1.807) is 6.07 Å². The number of carbonyl (C=O) groups is 3. The predicted octanol–water partition coefficient (Wildman–Crippen LogP) is 3.58. The molecule has 2 rings (SSSR count). The maximum Gasteiger partial charge on any atom is 0.339 e. The summed E-state index contributed by atoms with van der Waals surface area (Å²) in [6.07, 6.45) is 0. The van der Waals surface area contributed by atoms with E-state index in [0.29, 0.717) is 5.02 Å². The average molecular weight is 412 g/mol. The number of methoxy groups -OCH3 is 2. The number of ether oxygens (including phenoxy) is 3. The van der Waals surface area contributed by atoms with Gasteiger partial charge in [-0.25, -0.2) is 9.59 Å². The van der Waals surface area contributed by atoms with E-state index in [1.807, 2.05) is 0 Å². The molecule has 9 heteroatoms. The van der Waals surface area contributed by atoms with Crippen LogP contribution in [-0.4, -0.2) is 38.7 Å². The highest BCUT2D eigenvalue weighted by Crippen LogP contribution is 2.27. The van der Waals surface area contributed by atoms with Crippen LogP contribution in [0.3, 0.4) is 0 Å². The van der Waals surface area contributed by atoms with Gasteiger partial charge in [-0.1, -0.05) is 23.2 Å². The van der Waals surface area contributed by atoms with Crippen molar-refractivity contribution in [1.29, 1.82) is 0 Å². The van der Waals surface area contributed by atoms with Gasteiger partial charge in [0.05, 0.1) is 36.1 Å². The molecule has 0 radical (unpaired) electrons. The van der Waals surface area contributed by atoms with Gasteiger partial charge in [0.15, 0.2) is 6.61 Å². The van der Waals surface area contributed by atoms with Crippen LogP contribution in [0.25, 0.3) is 0 Å². The second-order valence-electron chi connectivity index (χ2n) is 5.16. The Balaban J connectivity index is 2.18. The van der Waals surface area contributed by atoms with Crippen LogP contribution >= 0.6 is 23.2 Å². The minimum atomic E-state index is -0.680. The normalized spacial score (nSPS) is 10.1. The smallest absolute Gasteiger partial charge is 0.339 e. The third-order valence-corrected chi connectivity index (χ3v) is 3.92. The first kappa shape index (κ1) is 20.5. The summed E-state index contributed by atoms with van der Waals surface area (Å²) in [4.78, 5) is 35.8. The molecule has 0 unspecified atom stereocenters. The fourth-order valence-electron chi connectivity index (χ4n) is 2.10. The molecule has 0 atom stereocenters. The highest BCUT2D eigenvalue weighted by Gasteiger charge is 2.18. The fraction of sp³-hybridized carbons (Fsp3) is 0.167. The number of hydrogen-bond acceptors (Lipinski definition) is 6. The summed E-state index contributed by atoms with van der Waals surface area (Å²) in [7, 11) is 2.42. The van der Waals surface area contributed by atoms with Crippen LogP contribution in [-0.2, 0) is 14.3 Å². The van der Waals surface area contributed by atoms with Gasteiger partial charge in [0, 0.05) is 11.1 Å². The Hall–Kier alpha value is -2.77. The zero-order valence-corrected chi connectivity index (χ0v) is 15.9. The maximum atomic E-state index is 12.2. The molecule has 0 fully saturated rings. The average Bonchev–Trinajstić information content (AvgIpc) is 2.67. The van der Waals surface area contributed by atoms with Crippen LogP contribution in [0.1, 0.15) is 20.7 Å². The van der Waals surface area contributed by atoms with Crippen molar-refractivity contribution in [3.8, 4) is 5.75 Å². The predicted molar refractivity (Wildman–Crippen MR) is 99.7 cm³/mol. The third kappa shape index (κ3) is 5.35. The van der Waals surface area contributed by atoms with E-state index in [4.69, 9.17) is 27.9 Å². The lowest BCUT2D eigenvalue weighted by atomic mass is 10.1. The van der Waals surface area contributed by atoms with Gasteiger partial charge in [0.1, 0.15) is 5.75 Å². The van der Waals surface area contributed by atoms with E-state index >= 15 is 0 Å². The van der Waals surface area contributed by atoms with Gasteiger partial charge in [-0.3, -0.25) is 4.79 Å². The van der Waals surface area contributed by atoms with E-state index in [1.165, 1.54) is 44.6 Å². The molecule has 1 amide bonds. The van der Waals surface area contributed by atoms with E-state index < -0.39 is 24.5 Å². The molecule has 27 heavy (non-hydrogen) atoms. The molecular weight excluding hydrogens is 397 g/mol. The molecule has 0 heterocycles. The molecule has 0 bridgehead atoms. The summed E-state index contributed by atoms with van der Waals surface area (Å²) in [5.41, 5.74) is 0.300. The van der Waals surface area contributed by atoms with Crippen molar-refractivity contribution in [2.75, 3.05) is 26.1 Å². The summed E-state index contributed by atoms with van der Waals surface area (Å²) in [5.74, 6) is -1.65. The maximum absolute atomic E-state index is 12.2. The van der Waals surface area contributed by atoms with Gasteiger partial charge in [-0.15, -0.1) is 0 Å². The molecule has 0 aliphatic rings. The lowest BCUT2D eigenvalue weighted by molar-refractivity contribution is -0.118. The van der Waals surface area contributed by atoms with Gasteiger partial charge < -0.3 is 19.5 Å². The largest absolute Gasteiger partial charge is 0.482 e. The quantitative estimate of drug-likeness (QED) is 0.730. The van der Waals surface area contributed by atoms with Crippen LogP contribution in [0, 0.1) is 0 Å². The van der Waals surface area contributed by atoms with E-state index in [9.17, 15) is 14.4 Å². The number of amides is 1. The molecule has 0 aromatic heterocycles. The zero-order valence-electron chi connectivity index (χ0n) is 14.4. The van der Waals surface area contributed by atoms with Crippen LogP contribution < -0.4 is 10.1 Å². The summed E-state index contributed by atoms with van der Waals surface area (Å²) >= 11 is 11.8. The Bertz CT molecular complexity index is 884. The summed E-state index contributed by atoms with van der Waals surface area (Å²) in [6, 6.07) is 8.62. The van der Waals surface area contributed by atoms with Crippen LogP contribution in [0.2, 0.25) is 10.0 Å². The van der Waals surface area contributed by atoms with Crippen molar-refractivity contribution in [3.05, 3.63) is 57.6 Å². The van der Waals surface area contributed by atoms with Crippen molar-refractivity contribution in [3.63, 3.8) is 0 Å². The molecule has 142 valence electrons. The van der Waals surface area contributed by atoms with Gasteiger partial charge in [0.25, 0.3) is 5.91 Å². The van der Waals surface area contributed by atoms with E-state index in [-0.39, 0.29) is 27.6 Å². The van der Waals surface area contributed by atoms with Crippen molar-refractivity contribution in [2.24, 2.45) is 0 Å². The molecule has 7 nitrogen and oxygen atoms in total. The van der Waals surface area contributed by atoms with Gasteiger partial charge in [-0.2, -0.15) is 0 Å². The topological polar surface area (TPSA) is 90.9 Å². The number of esters is 2. The van der Waals surface area contributed by atoms with Crippen LogP contribution in [0.5, 0.6) is 5.75 Å². The van der Waals surface area contributed by atoms with Crippen LogP contribution in [0.15, 0.2) is 36.4 Å². The molecule has 2 aromatic carbocycles. The number of nitrogens with one attached hydrogen (secondary N) is 1. The lowest BCUT2D eigenvalue weighted by Crippen LogP contribution is -2.22. The van der Waals surface area contributed by atoms with Crippen LogP contribution in [0.4, 0.5) is 5.69 Å². The number of hydrogen-bond donors (Lipinski definition) is 1. The SMILES string of the molecule is COC(=O)c1ccc(C(=O)OC)c(NC(=O)COc2cc(Cl)ccc2Cl)c1. The van der Waals surface area contributed by atoms with Gasteiger partial charge in [-0.05, 0) is 30.3 Å².